The van der Waals surface area contributed by atoms with Crippen LogP contribution in [0, 0.1) is 0 Å². The summed E-state index contributed by atoms with van der Waals surface area (Å²) >= 11 is 1.64. The zero-order valence-electron chi connectivity index (χ0n) is 8.51. The lowest BCUT2D eigenvalue weighted by atomic mass is 10.3. The van der Waals surface area contributed by atoms with Crippen LogP contribution in [0.3, 0.4) is 0 Å². The van der Waals surface area contributed by atoms with Crippen LogP contribution in [0.5, 0.6) is 0 Å². The van der Waals surface area contributed by atoms with Crippen LogP contribution in [0.4, 0.5) is 0 Å². The van der Waals surface area contributed by atoms with E-state index < -0.39 is 16.8 Å². The van der Waals surface area contributed by atoms with Crippen molar-refractivity contribution in [1.29, 1.82) is 0 Å². The van der Waals surface area contributed by atoms with E-state index in [1.54, 1.807) is 18.3 Å². The summed E-state index contributed by atoms with van der Waals surface area (Å²) in [5.74, 6) is -0.332. The molecule has 0 bridgehead atoms. The van der Waals surface area contributed by atoms with E-state index in [9.17, 15) is 9.00 Å². The molecule has 1 rings (SSSR count). The molecule has 0 radical (unpaired) electrons. The Morgan fingerprint density at radius 2 is 2.40 bits per heavy atom. The number of thiophene rings is 1. The third-order valence-corrected chi connectivity index (χ3v) is 4.65. The predicted octanol–water partition coefficient (Wildman–Crippen LogP) is 1.90. The molecule has 2 atom stereocenters. The Kier molecular flexibility index (Phi) is 4.98. The van der Waals surface area contributed by atoms with E-state index in [4.69, 9.17) is 5.11 Å². The lowest BCUT2D eigenvalue weighted by molar-refractivity contribution is -0.136. The van der Waals surface area contributed by atoms with Gasteiger partial charge in [0, 0.05) is 26.7 Å². The molecule has 1 aromatic heterocycles. The Balaban J connectivity index is 2.32. The zero-order valence-corrected chi connectivity index (χ0v) is 10.1. The highest BCUT2D eigenvalue weighted by atomic mass is 32.2. The van der Waals surface area contributed by atoms with Gasteiger partial charge >= 0.3 is 5.97 Å². The van der Waals surface area contributed by atoms with Gasteiger partial charge in [-0.2, -0.15) is 0 Å². The molecule has 0 aliphatic heterocycles. The highest BCUT2D eigenvalue weighted by Gasteiger charge is 2.14. The van der Waals surface area contributed by atoms with Crippen LogP contribution < -0.4 is 0 Å². The van der Waals surface area contributed by atoms with Crippen LogP contribution in [0.25, 0.3) is 0 Å². The largest absolute Gasteiger partial charge is 0.481 e. The molecule has 3 nitrogen and oxygen atoms in total. The summed E-state index contributed by atoms with van der Waals surface area (Å²) in [7, 11) is -1.04. The van der Waals surface area contributed by atoms with Crippen LogP contribution in [0.1, 0.15) is 18.2 Å². The maximum absolute atomic E-state index is 11.6. The quantitative estimate of drug-likeness (QED) is 0.834. The van der Waals surface area contributed by atoms with Gasteiger partial charge in [0.05, 0.1) is 6.42 Å². The van der Waals surface area contributed by atoms with E-state index >= 15 is 0 Å². The van der Waals surface area contributed by atoms with Gasteiger partial charge in [-0.1, -0.05) is 13.0 Å². The van der Waals surface area contributed by atoms with Crippen molar-refractivity contribution in [3.05, 3.63) is 22.4 Å². The number of carboxylic acids is 1. The van der Waals surface area contributed by atoms with Gasteiger partial charge in [0.1, 0.15) is 0 Å². The first-order valence-corrected chi connectivity index (χ1v) is 6.97. The van der Waals surface area contributed by atoms with E-state index in [-0.39, 0.29) is 11.7 Å². The van der Waals surface area contributed by atoms with Crippen molar-refractivity contribution in [1.82, 2.24) is 0 Å². The van der Waals surface area contributed by atoms with Crippen LogP contribution in [0.2, 0.25) is 0 Å². The fourth-order valence-corrected chi connectivity index (χ4v) is 3.19. The minimum atomic E-state index is -1.04. The van der Waals surface area contributed by atoms with E-state index in [1.165, 1.54) is 4.88 Å². The molecule has 0 spiro atoms. The van der Waals surface area contributed by atoms with Gasteiger partial charge in [-0.3, -0.25) is 9.00 Å². The fraction of sp³-hybridized carbons (Fsp3) is 0.500. The molecule has 2 unspecified atom stereocenters. The molecule has 5 heteroatoms. The van der Waals surface area contributed by atoms with Gasteiger partial charge in [-0.15, -0.1) is 11.3 Å². The van der Waals surface area contributed by atoms with Crippen molar-refractivity contribution in [3.63, 3.8) is 0 Å². The van der Waals surface area contributed by atoms with Crippen molar-refractivity contribution in [2.24, 2.45) is 0 Å². The van der Waals surface area contributed by atoms with E-state index in [2.05, 4.69) is 0 Å². The molecule has 15 heavy (non-hydrogen) atoms. The highest BCUT2D eigenvalue weighted by Crippen LogP contribution is 2.11. The molecule has 1 heterocycles. The maximum atomic E-state index is 11.6. The van der Waals surface area contributed by atoms with Gasteiger partial charge in [-0.05, 0) is 17.9 Å². The second-order valence-electron chi connectivity index (χ2n) is 3.32. The van der Waals surface area contributed by atoms with Crippen LogP contribution in [-0.4, -0.2) is 26.3 Å². The number of hydrogen-bond donors (Lipinski definition) is 1. The summed E-state index contributed by atoms with van der Waals surface area (Å²) in [6.45, 7) is 1.72. The first-order valence-electron chi connectivity index (χ1n) is 4.71. The molecular formula is C10H14O3S2. The van der Waals surface area contributed by atoms with Gasteiger partial charge in [0.2, 0.25) is 0 Å². The second-order valence-corrected chi connectivity index (χ2v) is 6.33. The van der Waals surface area contributed by atoms with Crippen LogP contribution in [-0.2, 0) is 22.0 Å². The summed E-state index contributed by atoms with van der Waals surface area (Å²) in [6.07, 6.45) is 0.755. The molecule has 0 aromatic carbocycles. The minimum absolute atomic E-state index is 0.0168. The first-order chi connectivity index (χ1) is 7.09. The van der Waals surface area contributed by atoms with Gasteiger partial charge in [0.15, 0.2) is 0 Å². The second kappa shape index (κ2) is 6.02. The average molecular weight is 246 g/mol. The first kappa shape index (κ1) is 12.4. The fourth-order valence-electron chi connectivity index (χ4n) is 1.20. The van der Waals surface area contributed by atoms with E-state index in [0.29, 0.717) is 5.75 Å². The third-order valence-electron chi connectivity index (χ3n) is 2.04. The Morgan fingerprint density at radius 1 is 1.67 bits per heavy atom. The Labute approximate surface area is 95.6 Å². The van der Waals surface area contributed by atoms with Crippen molar-refractivity contribution < 1.29 is 14.1 Å². The summed E-state index contributed by atoms with van der Waals surface area (Å²) < 4.78 is 11.6. The van der Waals surface area contributed by atoms with Crippen molar-refractivity contribution in [3.8, 4) is 0 Å². The standard InChI is InChI=1S/C10H14O3S2/c1-8(7-10(11)12)15(13)6-4-9-3-2-5-14-9/h2-3,5,8H,4,6-7H2,1H3,(H,11,12). The smallest absolute Gasteiger partial charge is 0.304 e. The van der Waals surface area contributed by atoms with E-state index in [1.807, 2.05) is 17.5 Å². The molecule has 0 amide bonds. The molecular weight excluding hydrogens is 232 g/mol. The third kappa shape index (κ3) is 4.57. The topological polar surface area (TPSA) is 54.4 Å². The Bertz CT molecular complexity index is 332. The van der Waals surface area contributed by atoms with Gasteiger partial charge in [-0.25, -0.2) is 0 Å². The molecule has 1 N–H and O–H groups in total. The summed E-state index contributed by atoms with van der Waals surface area (Å²) in [5, 5.41) is 10.3. The summed E-state index contributed by atoms with van der Waals surface area (Å²) in [5.41, 5.74) is 0. The summed E-state index contributed by atoms with van der Waals surface area (Å²) in [4.78, 5) is 11.6. The number of aliphatic carboxylic acids is 1. The lowest BCUT2D eigenvalue weighted by Crippen LogP contribution is -2.18. The van der Waals surface area contributed by atoms with Crippen molar-refractivity contribution in [2.45, 2.75) is 25.0 Å². The minimum Gasteiger partial charge on any atom is -0.481 e. The highest BCUT2D eigenvalue weighted by molar-refractivity contribution is 7.85. The maximum Gasteiger partial charge on any atom is 0.304 e. The Morgan fingerprint density at radius 3 is 2.93 bits per heavy atom. The number of hydrogen-bond acceptors (Lipinski definition) is 3. The normalized spacial score (nSPS) is 14.7. The number of carboxylic acid groups (broad SMARTS) is 1. The van der Waals surface area contributed by atoms with Gasteiger partial charge in [0.25, 0.3) is 0 Å². The number of aryl methyl sites for hydroxylation is 1. The SMILES string of the molecule is CC(CC(=O)O)S(=O)CCc1cccs1. The lowest BCUT2D eigenvalue weighted by Gasteiger charge is -2.07. The van der Waals surface area contributed by atoms with Gasteiger partial charge < -0.3 is 5.11 Å². The van der Waals surface area contributed by atoms with E-state index in [0.717, 1.165) is 6.42 Å². The summed E-state index contributed by atoms with van der Waals surface area (Å²) in [6, 6.07) is 3.97. The molecule has 84 valence electrons. The Hall–Kier alpha value is -0.680. The van der Waals surface area contributed by atoms with Crippen LogP contribution >= 0.6 is 11.3 Å². The molecule has 0 aliphatic rings. The predicted molar refractivity (Wildman–Crippen MR) is 62.7 cm³/mol. The van der Waals surface area contributed by atoms with Crippen LogP contribution in [0.15, 0.2) is 17.5 Å². The number of rotatable bonds is 6. The van der Waals surface area contributed by atoms with Crippen molar-refractivity contribution >= 4 is 28.1 Å². The molecule has 1 aromatic rings. The van der Waals surface area contributed by atoms with Crippen molar-refractivity contribution in [2.75, 3.05) is 5.75 Å². The molecule has 0 saturated carbocycles. The zero-order chi connectivity index (χ0) is 11.3. The average Bonchev–Trinajstić information content (AvgIpc) is 2.65. The number of carbonyl (C=O) groups is 1. The molecule has 0 saturated heterocycles. The monoisotopic (exact) mass is 246 g/mol. The molecule has 0 fully saturated rings. The molecule has 0 aliphatic carbocycles.